The van der Waals surface area contributed by atoms with Gasteiger partial charge in [-0.05, 0) is 31.7 Å². The summed E-state index contributed by atoms with van der Waals surface area (Å²) in [5.41, 5.74) is 1.10. The van der Waals surface area contributed by atoms with Crippen LogP contribution in [0.3, 0.4) is 0 Å². The highest BCUT2D eigenvalue weighted by Gasteiger charge is 2.33. The van der Waals surface area contributed by atoms with Crippen molar-refractivity contribution in [2.45, 2.75) is 37.6 Å². The summed E-state index contributed by atoms with van der Waals surface area (Å²) < 4.78 is 8.00. The van der Waals surface area contributed by atoms with Crippen LogP contribution in [0.2, 0.25) is 5.15 Å². The van der Waals surface area contributed by atoms with Crippen molar-refractivity contribution in [3.8, 4) is 11.5 Å². The second-order valence-electron chi connectivity index (χ2n) is 5.28. The molecule has 98 valence electrons. The SMILES string of the molecule is Clc1cc(Oc2cn(C3CC3)nc2C2CC2)ccn1. The predicted octanol–water partition coefficient (Wildman–Crippen LogP) is 3.94. The summed E-state index contributed by atoms with van der Waals surface area (Å²) in [6.07, 6.45) is 8.57. The Morgan fingerprint density at radius 3 is 2.79 bits per heavy atom. The lowest BCUT2D eigenvalue weighted by atomic mass is 10.3. The molecule has 0 aliphatic heterocycles. The van der Waals surface area contributed by atoms with Crippen molar-refractivity contribution in [3.05, 3.63) is 35.4 Å². The highest BCUT2D eigenvalue weighted by Crippen LogP contribution is 2.46. The van der Waals surface area contributed by atoms with Crippen LogP contribution in [-0.2, 0) is 0 Å². The number of halogens is 1. The summed E-state index contributed by atoms with van der Waals surface area (Å²) in [7, 11) is 0. The minimum atomic E-state index is 0.444. The van der Waals surface area contributed by atoms with Gasteiger partial charge in [0.25, 0.3) is 0 Å². The molecule has 2 heterocycles. The molecule has 0 radical (unpaired) electrons. The molecule has 0 amide bonds. The van der Waals surface area contributed by atoms with Crippen molar-refractivity contribution in [3.63, 3.8) is 0 Å². The van der Waals surface area contributed by atoms with Gasteiger partial charge in [-0.25, -0.2) is 4.98 Å². The van der Waals surface area contributed by atoms with E-state index in [2.05, 4.69) is 9.67 Å². The zero-order chi connectivity index (χ0) is 12.8. The Labute approximate surface area is 116 Å². The van der Waals surface area contributed by atoms with E-state index in [9.17, 15) is 0 Å². The fraction of sp³-hybridized carbons (Fsp3) is 0.429. The third kappa shape index (κ3) is 2.32. The molecule has 2 aromatic heterocycles. The lowest BCUT2D eigenvalue weighted by Gasteiger charge is -2.04. The van der Waals surface area contributed by atoms with Crippen molar-refractivity contribution in [2.75, 3.05) is 0 Å². The minimum absolute atomic E-state index is 0.444. The summed E-state index contributed by atoms with van der Waals surface area (Å²) in [5, 5.41) is 5.14. The molecule has 0 N–H and O–H groups in total. The summed E-state index contributed by atoms with van der Waals surface area (Å²) in [6.45, 7) is 0. The maximum atomic E-state index is 5.94. The first kappa shape index (κ1) is 11.3. The smallest absolute Gasteiger partial charge is 0.168 e. The van der Waals surface area contributed by atoms with E-state index < -0.39 is 0 Å². The normalized spacial score (nSPS) is 18.6. The van der Waals surface area contributed by atoms with Crippen LogP contribution in [0.5, 0.6) is 11.5 Å². The van der Waals surface area contributed by atoms with E-state index in [-0.39, 0.29) is 0 Å². The highest BCUT2D eigenvalue weighted by molar-refractivity contribution is 6.29. The number of pyridine rings is 1. The fourth-order valence-corrected chi connectivity index (χ4v) is 2.37. The predicted molar refractivity (Wildman–Crippen MR) is 71.8 cm³/mol. The van der Waals surface area contributed by atoms with Gasteiger partial charge < -0.3 is 4.74 Å². The average molecular weight is 276 g/mol. The molecule has 2 saturated carbocycles. The van der Waals surface area contributed by atoms with Gasteiger partial charge in [0.05, 0.1) is 12.2 Å². The zero-order valence-corrected chi connectivity index (χ0v) is 11.2. The minimum Gasteiger partial charge on any atom is -0.454 e. The van der Waals surface area contributed by atoms with Gasteiger partial charge in [-0.2, -0.15) is 5.10 Å². The van der Waals surface area contributed by atoms with Gasteiger partial charge >= 0.3 is 0 Å². The van der Waals surface area contributed by atoms with Crippen molar-refractivity contribution in [1.82, 2.24) is 14.8 Å². The lowest BCUT2D eigenvalue weighted by Crippen LogP contribution is -1.94. The van der Waals surface area contributed by atoms with Crippen LogP contribution < -0.4 is 4.74 Å². The molecule has 0 aromatic carbocycles. The van der Waals surface area contributed by atoms with E-state index in [0.29, 0.717) is 17.1 Å². The van der Waals surface area contributed by atoms with Crippen LogP contribution in [-0.4, -0.2) is 14.8 Å². The number of ether oxygens (including phenoxy) is 1. The van der Waals surface area contributed by atoms with Crippen LogP contribution in [0, 0.1) is 0 Å². The third-order valence-electron chi connectivity index (χ3n) is 3.54. The Bertz CT molecular complexity index is 617. The van der Waals surface area contributed by atoms with Gasteiger partial charge in [0, 0.05) is 18.2 Å². The summed E-state index contributed by atoms with van der Waals surface area (Å²) in [6, 6.07) is 4.12. The van der Waals surface area contributed by atoms with E-state index in [1.165, 1.54) is 25.7 Å². The maximum Gasteiger partial charge on any atom is 0.168 e. The summed E-state index contributed by atoms with van der Waals surface area (Å²) in [4.78, 5) is 3.96. The van der Waals surface area contributed by atoms with Crippen LogP contribution in [0.15, 0.2) is 24.5 Å². The van der Waals surface area contributed by atoms with Crippen LogP contribution in [0.4, 0.5) is 0 Å². The molecule has 2 aliphatic carbocycles. The van der Waals surface area contributed by atoms with Gasteiger partial charge in [0.1, 0.15) is 16.6 Å². The van der Waals surface area contributed by atoms with Gasteiger partial charge in [0.2, 0.25) is 0 Å². The van der Waals surface area contributed by atoms with Gasteiger partial charge in [0.15, 0.2) is 5.75 Å². The molecule has 4 rings (SSSR count). The molecule has 0 unspecified atom stereocenters. The van der Waals surface area contributed by atoms with E-state index in [1.807, 2.05) is 12.3 Å². The zero-order valence-electron chi connectivity index (χ0n) is 10.4. The van der Waals surface area contributed by atoms with E-state index in [1.54, 1.807) is 12.3 Å². The number of hydrogen-bond acceptors (Lipinski definition) is 3. The quantitative estimate of drug-likeness (QED) is 0.794. The monoisotopic (exact) mass is 275 g/mol. The number of hydrogen-bond donors (Lipinski definition) is 0. The molecule has 0 saturated heterocycles. The molecule has 2 fully saturated rings. The molecular formula is C14H14ClN3O. The molecule has 0 atom stereocenters. The van der Waals surface area contributed by atoms with Crippen molar-refractivity contribution in [1.29, 1.82) is 0 Å². The lowest BCUT2D eigenvalue weighted by molar-refractivity contribution is 0.475. The Balaban J connectivity index is 1.65. The topological polar surface area (TPSA) is 39.9 Å². The summed E-state index contributed by atoms with van der Waals surface area (Å²) in [5.74, 6) is 2.17. The van der Waals surface area contributed by atoms with Crippen LogP contribution >= 0.6 is 11.6 Å². The first-order chi connectivity index (χ1) is 9.29. The molecule has 4 nitrogen and oxygen atoms in total. The molecular weight excluding hydrogens is 262 g/mol. The molecule has 2 aliphatic rings. The van der Waals surface area contributed by atoms with Crippen LogP contribution in [0.1, 0.15) is 43.3 Å². The van der Waals surface area contributed by atoms with E-state index >= 15 is 0 Å². The fourth-order valence-electron chi connectivity index (χ4n) is 2.21. The van der Waals surface area contributed by atoms with Crippen molar-refractivity contribution < 1.29 is 4.74 Å². The molecule has 5 heteroatoms. The van der Waals surface area contributed by atoms with E-state index in [0.717, 1.165) is 17.2 Å². The number of aromatic nitrogens is 3. The second kappa shape index (κ2) is 4.23. The molecule has 19 heavy (non-hydrogen) atoms. The molecule has 2 aromatic rings. The standard InChI is InChI=1S/C14H14ClN3O/c15-13-7-11(5-6-16-13)19-12-8-18(10-3-4-10)17-14(12)9-1-2-9/h5-10H,1-4H2. The Kier molecular flexibility index (Phi) is 2.52. The Morgan fingerprint density at radius 2 is 2.11 bits per heavy atom. The third-order valence-corrected chi connectivity index (χ3v) is 3.74. The Hall–Kier alpha value is -1.55. The molecule has 0 spiro atoms. The first-order valence-electron chi connectivity index (χ1n) is 6.68. The number of nitrogens with zero attached hydrogens (tertiary/aromatic N) is 3. The van der Waals surface area contributed by atoms with Gasteiger partial charge in [-0.3, -0.25) is 4.68 Å². The van der Waals surface area contributed by atoms with Crippen molar-refractivity contribution in [2.24, 2.45) is 0 Å². The largest absolute Gasteiger partial charge is 0.454 e. The first-order valence-corrected chi connectivity index (χ1v) is 7.06. The highest BCUT2D eigenvalue weighted by atomic mass is 35.5. The van der Waals surface area contributed by atoms with Crippen LogP contribution in [0.25, 0.3) is 0 Å². The average Bonchev–Trinajstić information content (AvgIpc) is 3.29. The van der Waals surface area contributed by atoms with Gasteiger partial charge in [-0.1, -0.05) is 11.6 Å². The van der Waals surface area contributed by atoms with E-state index in [4.69, 9.17) is 21.4 Å². The van der Waals surface area contributed by atoms with Gasteiger partial charge in [-0.15, -0.1) is 0 Å². The molecule has 0 bridgehead atoms. The maximum absolute atomic E-state index is 5.94. The second-order valence-corrected chi connectivity index (χ2v) is 5.67. The number of rotatable bonds is 4. The van der Waals surface area contributed by atoms with Crippen molar-refractivity contribution >= 4 is 11.6 Å². The Morgan fingerprint density at radius 1 is 1.26 bits per heavy atom. The summed E-state index contributed by atoms with van der Waals surface area (Å²) >= 11 is 5.88.